The minimum atomic E-state index is -0.00337. The van der Waals surface area contributed by atoms with Gasteiger partial charge in [-0.15, -0.1) is 0 Å². The average Bonchev–Trinajstić information content (AvgIpc) is 2.59. The van der Waals surface area contributed by atoms with Gasteiger partial charge in [-0.1, -0.05) is 30.3 Å². The van der Waals surface area contributed by atoms with Crippen LogP contribution in [0.2, 0.25) is 0 Å². The number of nitrogens with one attached hydrogen (secondary N) is 2. The van der Waals surface area contributed by atoms with E-state index < -0.39 is 0 Å². The van der Waals surface area contributed by atoms with Crippen molar-refractivity contribution in [3.63, 3.8) is 0 Å². The molecule has 4 fully saturated rings. The molecule has 1 aromatic carbocycles. The maximum Gasteiger partial charge on any atom is 0.314 e. The van der Waals surface area contributed by atoms with Crippen LogP contribution in [0.3, 0.4) is 0 Å². The molecule has 2 N–H and O–H groups in total. The van der Waals surface area contributed by atoms with E-state index in [1.165, 1.54) is 44.1 Å². The van der Waals surface area contributed by atoms with Crippen molar-refractivity contribution in [2.24, 2.45) is 17.3 Å². The molecular formula is C22H33N3O. The Bertz CT molecular complexity index is 628. The van der Waals surface area contributed by atoms with Crippen LogP contribution in [0.4, 0.5) is 4.79 Å². The quantitative estimate of drug-likeness (QED) is 0.821. The summed E-state index contributed by atoms with van der Waals surface area (Å²) in [6.45, 7) is 2.41. The van der Waals surface area contributed by atoms with Crippen molar-refractivity contribution in [1.29, 1.82) is 0 Å². The Kier molecular flexibility index (Phi) is 4.72. The summed E-state index contributed by atoms with van der Waals surface area (Å²) in [6, 6.07) is 11.2. The van der Waals surface area contributed by atoms with Crippen LogP contribution >= 0.6 is 0 Å². The van der Waals surface area contributed by atoms with E-state index in [9.17, 15) is 4.79 Å². The normalized spacial score (nSPS) is 34.9. The minimum absolute atomic E-state index is 0.00337. The summed E-state index contributed by atoms with van der Waals surface area (Å²) in [6.07, 6.45) is 7.96. The first-order chi connectivity index (χ1) is 12.5. The number of benzene rings is 1. The summed E-state index contributed by atoms with van der Waals surface area (Å²) in [7, 11) is 4.05. The van der Waals surface area contributed by atoms with Crippen LogP contribution in [0.5, 0.6) is 0 Å². The van der Waals surface area contributed by atoms with E-state index in [4.69, 9.17) is 0 Å². The van der Waals surface area contributed by atoms with Crippen LogP contribution in [-0.2, 0) is 5.41 Å². The second kappa shape index (κ2) is 6.88. The molecule has 0 unspecified atom stereocenters. The number of carbonyl (C=O) groups excluding carboxylic acids is 1. The van der Waals surface area contributed by atoms with E-state index in [0.29, 0.717) is 17.4 Å². The van der Waals surface area contributed by atoms with Gasteiger partial charge >= 0.3 is 6.03 Å². The maximum atomic E-state index is 12.2. The number of nitrogens with zero attached hydrogens (tertiary/aromatic N) is 1. The van der Waals surface area contributed by atoms with Crippen molar-refractivity contribution in [1.82, 2.24) is 15.5 Å². The second-order valence-corrected chi connectivity index (χ2v) is 9.52. The lowest BCUT2D eigenvalue weighted by Crippen LogP contribution is -2.57. The zero-order valence-electron chi connectivity index (χ0n) is 16.3. The van der Waals surface area contributed by atoms with Gasteiger partial charge in [0.1, 0.15) is 0 Å². The molecule has 0 radical (unpaired) electrons. The summed E-state index contributed by atoms with van der Waals surface area (Å²) in [5.41, 5.74) is 2.20. The second-order valence-electron chi connectivity index (χ2n) is 9.52. The third-order valence-electron chi connectivity index (χ3n) is 7.04. The van der Waals surface area contributed by atoms with Crippen LogP contribution in [0.1, 0.15) is 44.1 Å². The topological polar surface area (TPSA) is 44.4 Å². The van der Waals surface area contributed by atoms with Crippen molar-refractivity contribution in [2.75, 3.05) is 33.7 Å². The Balaban J connectivity index is 1.43. The lowest BCUT2D eigenvalue weighted by molar-refractivity contribution is -0.0693. The van der Waals surface area contributed by atoms with Gasteiger partial charge in [0.2, 0.25) is 0 Å². The zero-order chi connectivity index (χ0) is 18.2. The van der Waals surface area contributed by atoms with Gasteiger partial charge in [-0.05, 0) is 80.8 Å². The van der Waals surface area contributed by atoms with Gasteiger partial charge in [0, 0.05) is 19.6 Å². The van der Waals surface area contributed by atoms with E-state index in [-0.39, 0.29) is 6.03 Å². The van der Waals surface area contributed by atoms with Crippen molar-refractivity contribution in [3.05, 3.63) is 35.9 Å². The molecule has 4 bridgehead atoms. The molecule has 142 valence electrons. The smallest absolute Gasteiger partial charge is 0.314 e. The highest BCUT2D eigenvalue weighted by Crippen LogP contribution is 2.65. The van der Waals surface area contributed by atoms with Crippen molar-refractivity contribution < 1.29 is 4.79 Å². The third kappa shape index (κ3) is 3.48. The molecule has 4 saturated carbocycles. The summed E-state index contributed by atoms with van der Waals surface area (Å²) in [4.78, 5) is 14.3. The van der Waals surface area contributed by atoms with Gasteiger partial charge in [-0.25, -0.2) is 4.79 Å². The number of likely N-dealkylation sites (N-methyl/N-ethyl adjacent to an activating group) is 1. The van der Waals surface area contributed by atoms with Gasteiger partial charge in [0.15, 0.2) is 0 Å². The Hall–Kier alpha value is -1.55. The fourth-order valence-corrected chi connectivity index (χ4v) is 6.51. The number of hydrogen-bond acceptors (Lipinski definition) is 2. The molecule has 0 aromatic heterocycles. The van der Waals surface area contributed by atoms with Crippen LogP contribution in [0.15, 0.2) is 30.3 Å². The molecule has 4 nitrogen and oxygen atoms in total. The Morgan fingerprint density at radius 3 is 2.42 bits per heavy atom. The molecule has 4 heteroatoms. The third-order valence-corrected chi connectivity index (χ3v) is 7.04. The number of carbonyl (C=O) groups is 1. The molecule has 2 atom stereocenters. The van der Waals surface area contributed by atoms with E-state index in [2.05, 4.69) is 45.9 Å². The SMILES string of the molecule is CN(C)CCNC(=O)NCC12C[C@@H]3C[C@@H](C1)CC(c1ccccc1)(C3)C2. The molecule has 0 aliphatic heterocycles. The van der Waals surface area contributed by atoms with Crippen molar-refractivity contribution in [2.45, 2.75) is 43.9 Å². The van der Waals surface area contributed by atoms with Crippen molar-refractivity contribution in [3.8, 4) is 0 Å². The summed E-state index contributed by atoms with van der Waals surface area (Å²) in [5.74, 6) is 1.69. The first-order valence-electron chi connectivity index (χ1n) is 10.2. The molecule has 4 aliphatic rings. The van der Waals surface area contributed by atoms with E-state index >= 15 is 0 Å². The van der Waals surface area contributed by atoms with Crippen LogP contribution < -0.4 is 10.6 Å². The van der Waals surface area contributed by atoms with Crippen LogP contribution in [0, 0.1) is 17.3 Å². The van der Waals surface area contributed by atoms with Gasteiger partial charge < -0.3 is 15.5 Å². The Morgan fingerprint density at radius 1 is 1.08 bits per heavy atom. The lowest BCUT2D eigenvalue weighted by atomic mass is 9.43. The predicted molar refractivity (Wildman–Crippen MR) is 105 cm³/mol. The molecular weight excluding hydrogens is 322 g/mol. The molecule has 5 rings (SSSR count). The van der Waals surface area contributed by atoms with Gasteiger partial charge in [-0.2, -0.15) is 0 Å². The van der Waals surface area contributed by atoms with Gasteiger partial charge in [0.25, 0.3) is 0 Å². The summed E-state index contributed by atoms with van der Waals surface area (Å²) >= 11 is 0. The lowest BCUT2D eigenvalue weighted by Gasteiger charge is -2.62. The fourth-order valence-electron chi connectivity index (χ4n) is 6.51. The highest BCUT2D eigenvalue weighted by atomic mass is 16.2. The molecule has 1 aromatic rings. The highest BCUT2D eigenvalue weighted by Gasteiger charge is 2.57. The molecule has 26 heavy (non-hydrogen) atoms. The number of amides is 2. The van der Waals surface area contributed by atoms with E-state index in [0.717, 1.165) is 24.9 Å². The number of rotatable bonds is 6. The number of urea groups is 1. The van der Waals surface area contributed by atoms with Crippen LogP contribution in [-0.4, -0.2) is 44.7 Å². The van der Waals surface area contributed by atoms with E-state index in [1.807, 2.05) is 14.1 Å². The number of hydrogen-bond donors (Lipinski definition) is 2. The predicted octanol–water partition coefficient (Wildman–Crippen LogP) is 3.39. The summed E-state index contributed by atoms with van der Waals surface area (Å²) in [5, 5.41) is 6.21. The summed E-state index contributed by atoms with van der Waals surface area (Å²) < 4.78 is 0. The van der Waals surface area contributed by atoms with Gasteiger partial charge in [-0.3, -0.25) is 0 Å². The fraction of sp³-hybridized carbons (Fsp3) is 0.682. The zero-order valence-corrected chi connectivity index (χ0v) is 16.3. The molecule has 0 saturated heterocycles. The average molecular weight is 356 g/mol. The molecule has 0 spiro atoms. The standard InChI is InChI=1S/C22H33N3O/c1-25(2)9-8-23-20(26)24-16-21-11-17-10-18(12-21)14-22(13-17,15-21)19-6-4-3-5-7-19/h3-7,17-18H,8-16H2,1-2H3,(H2,23,24,26)/t17-,18-,21?,22?/m0/s1. The van der Waals surface area contributed by atoms with E-state index in [1.54, 1.807) is 0 Å². The Morgan fingerprint density at radius 2 is 1.77 bits per heavy atom. The first-order valence-corrected chi connectivity index (χ1v) is 10.2. The maximum absolute atomic E-state index is 12.2. The first kappa shape index (κ1) is 17.8. The van der Waals surface area contributed by atoms with Gasteiger partial charge in [0.05, 0.1) is 0 Å². The largest absolute Gasteiger partial charge is 0.338 e. The minimum Gasteiger partial charge on any atom is -0.338 e. The van der Waals surface area contributed by atoms with Crippen molar-refractivity contribution >= 4 is 6.03 Å². The molecule has 0 heterocycles. The Labute approximate surface area is 157 Å². The highest BCUT2D eigenvalue weighted by molar-refractivity contribution is 5.73. The van der Waals surface area contributed by atoms with Crippen LogP contribution in [0.25, 0.3) is 0 Å². The molecule has 2 amide bonds. The monoisotopic (exact) mass is 355 g/mol. The molecule has 4 aliphatic carbocycles.